The van der Waals surface area contributed by atoms with Gasteiger partial charge in [0.2, 0.25) is 0 Å². The minimum Gasteiger partial charge on any atom is -0.465 e. The second-order valence-corrected chi connectivity index (χ2v) is 13.4. The van der Waals surface area contributed by atoms with Crippen LogP contribution in [0.3, 0.4) is 0 Å². The Hall–Kier alpha value is -3.30. The summed E-state index contributed by atoms with van der Waals surface area (Å²) in [4.78, 5) is 75.0. The fourth-order valence-electron chi connectivity index (χ4n) is 4.81. The van der Waals surface area contributed by atoms with Crippen molar-refractivity contribution >= 4 is 35.8 Å². The predicted molar refractivity (Wildman–Crippen MR) is 189 cm³/mol. The van der Waals surface area contributed by atoms with Gasteiger partial charge in [-0.1, -0.05) is 48.5 Å². The van der Waals surface area contributed by atoms with Crippen LogP contribution in [0.4, 0.5) is 0 Å². The van der Waals surface area contributed by atoms with Crippen molar-refractivity contribution in [3.8, 4) is 0 Å². The zero-order valence-electron chi connectivity index (χ0n) is 32.6. The van der Waals surface area contributed by atoms with E-state index < -0.39 is 59.4 Å². The van der Waals surface area contributed by atoms with E-state index in [4.69, 9.17) is 28.4 Å². The van der Waals surface area contributed by atoms with Crippen molar-refractivity contribution in [2.45, 2.75) is 113 Å². The van der Waals surface area contributed by atoms with Gasteiger partial charge in [-0.25, -0.2) is 0 Å². The third kappa shape index (κ3) is 19.8. The van der Waals surface area contributed by atoms with Crippen LogP contribution in [0.25, 0.3) is 0 Å². The highest BCUT2D eigenvalue weighted by molar-refractivity contribution is 5.77. The normalized spacial score (nSPS) is 14.3. The van der Waals surface area contributed by atoms with E-state index in [0.717, 1.165) is 0 Å². The summed E-state index contributed by atoms with van der Waals surface area (Å²) < 4.78 is 32.1. The number of esters is 6. The van der Waals surface area contributed by atoms with Gasteiger partial charge in [0.15, 0.2) is 0 Å². The van der Waals surface area contributed by atoms with Crippen LogP contribution in [-0.2, 0) is 57.2 Å². The molecule has 51 heavy (non-hydrogen) atoms. The molecular weight excluding hydrogens is 666 g/mol. The Kier molecular flexibility index (Phi) is 24.8. The molecule has 0 radical (unpaired) electrons. The Balaban J connectivity index is 5.48. The zero-order chi connectivity index (χ0) is 39.0. The summed E-state index contributed by atoms with van der Waals surface area (Å²) in [5.41, 5.74) is -1.06. The molecule has 0 rings (SSSR count). The molecule has 0 saturated carbocycles. The molecule has 15 nitrogen and oxygen atoms in total. The molecule has 0 amide bonds. The lowest BCUT2D eigenvalue weighted by Crippen LogP contribution is -2.44. The molecule has 0 heterocycles. The third-order valence-corrected chi connectivity index (χ3v) is 8.07. The summed E-state index contributed by atoms with van der Waals surface area (Å²) in [6.45, 7) is 18.7. The van der Waals surface area contributed by atoms with Crippen LogP contribution in [0.1, 0.15) is 94.9 Å². The molecule has 0 aromatic carbocycles. The summed E-state index contributed by atoms with van der Waals surface area (Å²) in [5.74, 6) is -3.08. The SMILES string of the molecule is CCOC(=O)C(NCCC(=O)OCC(CC)(COC(=O)CCNC(C(=O)OCC)C(C)C)COC(=O)CCNC(C(=O)OCC)C(C)C)C(C)C. The number of ether oxygens (including phenoxy) is 6. The smallest absolute Gasteiger partial charge is 0.323 e. The van der Waals surface area contributed by atoms with E-state index in [-0.39, 0.29) is 96.3 Å². The van der Waals surface area contributed by atoms with Crippen molar-refractivity contribution in [1.29, 1.82) is 0 Å². The van der Waals surface area contributed by atoms with Crippen molar-refractivity contribution in [2.75, 3.05) is 59.3 Å². The Morgan fingerprint density at radius 3 is 0.902 bits per heavy atom. The average Bonchev–Trinajstić information content (AvgIpc) is 3.06. The highest BCUT2D eigenvalue weighted by atomic mass is 16.6. The first-order valence-electron chi connectivity index (χ1n) is 18.2. The van der Waals surface area contributed by atoms with E-state index in [0.29, 0.717) is 6.42 Å². The number of hydrogen-bond donors (Lipinski definition) is 3. The Labute approximate surface area is 304 Å². The third-order valence-electron chi connectivity index (χ3n) is 8.07. The zero-order valence-corrected chi connectivity index (χ0v) is 32.6. The first-order valence-corrected chi connectivity index (χ1v) is 18.2. The van der Waals surface area contributed by atoms with E-state index in [1.807, 2.05) is 41.5 Å². The van der Waals surface area contributed by atoms with Gasteiger partial charge in [0.05, 0.1) is 44.5 Å². The minimum atomic E-state index is -1.06. The molecule has 0 spiro atoms. The van der Waals surface area contributed by atoms with Crippen molar-refractivity contribution < 1.29 is 57.2 Å². The van der Waals surface area contributed by atoms with Crippen LogP contribution in [0.2, 0.25) is 0 Å². The highest BCUT2D eigenvalue weighted by Gasteiger charge is 2.35. The van der Waals surface area contributed by atoms with Gasteiger partial charge in [0.1, 0.15) is 37.9 Å². The summed E-state index contributed by atoms with van der Waals surface area (Å²) in [5, 5.41) is 9.12. The molecule has 0 aliphatic carbocycles. The van der Waals surface area contributed by atoms with Gasteiger partial charge in [-0.2, -0.15) is 0 Å². The van der Waals surface area contributed by atoms with Crippen LogP contribution >= 0.6 is 0 Å². The van der Waals surface area contributed by atoms with Crippen molar-refractivity contribution in [3.05, 3.63) is 0 Å². The van der Waals surface area contributed by atoms with Crippen LogP contribution in [0.15, 0.2) is 0 Å². The predicted octanol–water partition coefficient (Wildman–Crippen LogP) is 2.71. The van der Waals surface area contributed by atoms with E-state index in [1.54, 1.807) is 27.7 Å². The van der Waals surface area contributed by atoms with E-state index in [2.05, 4.69) is 16.0 Å². The summed E-state index contributed by atoms with van der Waals surface area (Å²) in [7, 11) is 0. The molecule has 0 aliphatic heterocycles. The molecule has 3 N–H and O–H groups in total. The topological polar surface area (TPSA) is 194 Å². The summed E-state index contributed by atoms with van der Waals surface area (Å²) in [6, 6.07) is -1.76. The monoisotopic (exact) mass is 731 g/mol. The molecule has 0 saturated heterocycles. The van der Waals surface area contributed by atoms with Gasteiger partial charge >= 0.3 is 35.8 Å². The van der Waals surface area contributed by atoms with Gasteiger partial charge in [-0.15, -0.1) is 0 Å². The van der Waals surface area contributed by atoms with E-state index >= 15 is 0 Å². The lowest BCUT2D eigenvalue weighted by atomic mass is 9.88. The number of hydrogen-bond acceptors (Lipinski definition) is 15. The number of carbonyl (C=O) groups excluding carboxylic acids is 6. The maximum Gasteiger partial charge on any atom is 0.323 e. The molecular formula is C36H65N3O12. The molecule has 3 atom stereocenters. The lowest BCUT2D eigenvalue weighted by molar-refractivity contribution is -0.163. The van der Waals surface area contributed by atoms with Gasteiger partial charge in [0, 0.05) is 19.6 Å². The molecule has 0 fully saturated rings. The molecule has 0 aromatic heterocycles. The number of rotatable bonds is 28. The van der Waals surface area contributed by atoms with E-state index in [1.165, 1.54) is 0 Å². The van der Waals surface area contributed by atoms with Crippen LogP contribution in [-0.4, -0.2) is 113 Å². The molecule has 3 unspecified atom stereocenters. The summed E-state index contributed by atoms with van der Waals surface area (Å²) >= 11 is 0. The lowest BCUT2D eigenvalue weighted by Gasteiger charge is -2.31. The molecule has 296 valence electrons. The van der Waals surface area contributed by atoms with Crippen molar-refractivity contribution in [1.82, 2.24) is 16.0 Å². The molecule has 0 bridgehead atoms. The first-order chi connectivity index (χ1) is 24.1. The van der Waals surface area contributed by atoms with E-state index in [9.17, 15) is 28.8 Å². The van der Waals surface area contributed by atoms with Crippen LogP contribution < -0.4 is 16.0 Å². The summed E-state index contributed by atoms with van der Waals surface area (Å²) in [6.07, 6.45) is 0.182. The largest absolute Gasteiger partial charge is 0.465 e. The average molecular weight is 732 g/mol. The number of nitrogens with one attached hydrogen (secondary N) is 3. The first kappa shape index (κ1) is 47.7. The number of carbonyl (C=O) groups is 6. The van der Waals surface area contributed by atoms with Gasteiger partial charge in [0.25, 0.3) is 0 Å². The van der Waals surface area contributed by atoms with Gasteiger partial charge in [-0.05, 0) is 44.9 Å². The minimum absolute atomic E-state index is 0.0473. The Morgan fingerprint density at radius 1 is 0.451 bits per heavy atom. The maximum absolute atomic E-state index is 12.8. The Bertz CT molecular complexity index is 940. The molecule has 0 aliphatic rings. The van der Waals surface area contributed by atoms with Crippen LogP contribution in [0.5, 0.6) is 0 Å². The second kappa shape index (κ2) is 26.5. The van der Waals surface area contributed by atoms with Gasteiger partial charge in [-0.3, -0.25) is 28.8 Å². The standard InChI is InChI=1S/C36H65N3O12/c1-11-36(21-49-27(40)15-18-37-30(24(5)6)33(43)46-12-2,22-50-28(41)16-19-38-31(25(7)8)34(44)47-13-3)23-51-29(42)17-20-39-32(26(9)10)35(45)48-14-4/h24-26,30-32,37-39H,11-23H2,1-10H3. The fourth-order valence-corrected chi connectivity index (χ4v) is 4.81. The quantitative estimate of drug-likeness (QED) is 0.0785. The Morgan fingerprint density at radius 2 is 0.706 bits per heavy atom. The fraction of sp³-hybridized carbons (Fsp3) is 0.833. The van der Waals surface area contributed by atoms with Crippen LogP contribution in [0, 0.1) is 23.2 Å². The van der Waals surface area contributed by atoms with Crippen molar-refractivity contribution in [3.63, 3.8) is 0 Å². The molecule has 0 aromatic rings. The highest BCUT2D eigenvalue weighted by Crippen LogP contribution is 2.25. The maximum atomic E-state index is 12.8. The second-order valence-electron chi connectivity index (χ2n) is 13.4. The van der Waals surface area contributed by atoms with Gasteiger partial charge < -0.3 is 44.4 Å². The van der Waals surface area contributed by atoms with Crippen molar-refractivity contribution in [2.24, 2.45) is 23.2 Å². The molecule has 15 heteroatoms.